The summed E-state index contributed by atoms with van der Waals surface area (Å²) in [6.45, 7) is 17.2. The number of ether oxygens (including phenoxy) is 3. The van der Waals surface area contributed by atoms with E-state index in [-0.39, 0.29) is 54.2 Å². The number of piperidine rings is 3. The predicted octanol–water partition coefficient (Wildman–Crippen LogP) is 11.4. The Labute approximate surface area is 568 Å². The van der Waals surface area contributed by atoms with Gasteiger partial charge in [-0.2, -0.15) is 0 Å². The quantitative estimate of drug-likeness (QED) is 0.0555. The number of amides is 3. The maximum absolute atomic E-state index is 11.7. The topological polar surface area (TPSA) is 327 Å². The number of pyridine rings is 3. The van der Waals surface area contributed by atoms with Crippen molar-refractivity contribution in [3.63, 3.8) is 0 Å². The molecule has 27 nitrogen and oxygen atoms in total. The summed E-state index contributed by atoms with van der Waals surface area (Å²) in [5, 5.41) is 16.7. The number of nitrogens with one attached hydrogen (secondary N) is 6. The van der Waals surface area contributed by atoms with E-state index in [2.05, 4.69) is 113 Å². The fourth-order valence-corrected chi connectivity index (χ4v) is 12.9. The number of hydrogen-bond donors (Lipinski definition) is 6. The van der Waals surface area contributed by atoms with Gasteiger partial charge in [-0.05, 0) is 79.7 Å². The molecule has 3 saturated heterocycles. The van der Waals surface area contributed by atoms with E-state index in [9.17, 15) is 14.4 Å². The van der Waals surface area contributed by atoms with Crippen molar-refractivity contribution in [2.45, 2.75) is 123 Å². The number of carbonyl (C=O) groups is 3. The fourth-order valence-electron chi connectivity index (χ4n) is 12.6. The van der Waals surface area contributed by atoms with Crippen molar-refractivity contribution in [3.05, 3.63) is 144 Å². The van der Waals surface area contributed by atoms with Crippen LogP contribution < -0.4 is 30.2 Å². The molecule has 0 bridgehead atoms. The maximum Gasteiger partial charge on any atom is 0.223 e. The molecule has 3 atom stereocenters. The number of aromatic nitrogens is 15. The number of halogens is 1. The highest BCUT2D eigenvalue weighted by molar-refractivity contribution is 6.36. The van der Waals surface area contributed by atoms with Crippen LogP contribution in [0.5, 0.6) is 17.6 Å². The van der Waals surface area contributed by atoms with Crippen LogP contribution in [-0.2, 0) is 14.4 Å². The Hall–Kier alpha value is -11.0. The molecule has 3 aliphatic heterocycles. The molecular formula is C70H76ClN21O6. The number of fused-ring (bicyclic) bond motifs is 6. The molecule has 504 valence electrons. The molecule has 0 radical (unpaired) electrons. The Kier molecular flexibility index (Phi) is 19.6. The molecule has 6 N–H and O–H groups in total. The van der Waals surface area contributed by atoms with Crippen LogP contribution in [0.25, 0.3) is 65.8 Å². The van der Waals surface area contributed by atoms with E-state index in [1.54, 1.807) is 39.8 Å². The van der Waals surface area contributed by atoms with E-state index in [1.165, 1.54) is 19.0 Å². The molecule has 0 aliphatic carbocycles. The number of benzene rings is 3. The largest absolute Gasteiger partial charge is 0.474 e. The first-order valence-corrected chi connectivity index (χ1v) is 33.3. The van der Waals surface area contributed by atoms with Gasteiger partial charge in [0.2, 0.25) is 35.4 Å². The number of imidazole rings is 3. The minimum atomic E-state index is -0.170. The number of aryl methyl sites for hydroxylation is 1. The van der Waals surface area contributed by atoms with Crippen molar-refractivity contribution in [3.8, 4) is 17.6 Å². The highest BCUT2D eigenvalue weighted by Gasteiger charge is 2.28. The lowest BCUT2D eigenvalue weighted by Crippen LogP contribution is -2.40. The maximum atomic E-state index is 11.7. The second-order valence-electron chi connectivity index (χ2n) is 24.8. The molecule has 0 spiro atoms. The Balaban J connectivity index is 0.000000132. The second kappa shape index (κ2) is 29.2. The van der Waals surface area contributed by atoms with Crippen LogP contribution in [0.2, 0.25) is 5.02 Å². The first kappa shape index (κ1) is 65.7. The summed E-state index contributed by atoms with van der Waals surface area (Å²) in [5.74, 6) is 4.11. The Morgan fingerprint density at radius 3 is 1.24 bits per heavy atom. The van der Waals surface area contributed by atoms with Crippen LogP contribution in [0.4, 0.5) is 17.5 Å². The van der Waals surface area contributed by atoms with Gasteiger partial charge in [0, 0.05) is 109 Å². The molecule has 3 fully saturated rings. The normalized spacial score (nSPS) is 15.7. The average molecular weight is 1340 g/mol. The zero-order chi connectivity index (χ0) is 68.0. The summed E-state index contributed by atoms with van der Waals surface area (Å²) >= 11 is 6.54. The summed E-state index contributed by atoms with van der Waals surface area (Å²) in [5.41, 5.74) is 7.71. The summed E-state index contributed by atoms with van der Waals surface area (Å²) < 4.78 is 19.2. The van der Waals surface area contributed by atoms with Crippen LogP contribution in [0, 0.1) is 6.92 Å². The summed E-state index contributed by atoms with van der Waals surface area (Å²) in [6, 6.07) is 25.8. The molecule has 3 unspecified atom stereocenters. The Bertz CT molecular complexity index is 4650. The molecule has 12 aromatic rings. The predicted molar refractivity (Wildman–Crippen MR) is 374 cm³/mol. The number of anilines is 3. The zero-order valence-corrected chi connectivity index (χ0v) is 56.2. The van der Waals surface area contributed by atoms with Crippen LogP contribution >= 0.6 is 11.6 Å². The van der Waals surface area contributed by atoms with Gasteiger partial charge in [-0.15, -0.1) is 0 Å². The zero-order valence-electron chi connectivity index (χ0n) is 55.5. The first-order valence-electron chi connectivity index (χ1n) is 32.9. The number of hydrogen-bond acceptors (Lipinski definition) is 21. The third kappa shape index (κ3) is 14.7. The number of H-pyrrole nitrogens is 3. The highest BCUT2D eigenvalue weighted by atomic mass is 35.5. The molecule has 98 heavy (non-hydrogen) atoms. The van der Waals surface area contributed by atoms with Crippen molar-refractivity contribution >= 4 is 113 Å². The van der Waals surface area contributed by atoms with Gasteiger partial charge in [-0.3, -0.25) is 14.4 Å². The minimum Gasteiger partial charge on any atom is -0.474 e. The molecule has 3 aliphatic rings. The van der Waals surface area contributed by atoms with Gasteiger partial charge in [0.05, 0.1) is 64.6 Å². The van der Waals surface area contributed by atoms with Gasteiger partial charge in [0.25, 0.3) is 0 Å². The number of likely N-dealkylation sites (tertiary alicyclic amines) is 3. The molecule has 12 heterocycles. The molecule has 28 heteroatoms. The van der Waals surface area contributed by atoms with E-state index >= 15 is 0 Å². The van der Waals surface area contributed by atoms with Gasteiger partial charge >= 0.3 is 0 Å². The molecule has 9 aromatic heterocycles. The summed E-state index contributed by atoms with van der Waals surface area (Å²) in [4.78, 5) is 103. The van der Waals surface area contributed by atoms with Gasteiger partial charge in [0.15, 0.2) is 34.4 Å². The van der Waals surface area contributed by atoms with Crippen molar-refractivity contribution in [1.29, 1.82) is 0 Å². The monoisotopic (exact) mass is 1340 g/mol. The molecule has 3 aromatic carbocycles. The lowest BCUT2D eigenvalue weighted by atomic mass is 10.0. The van der Waals surface area contributed by atoms with E-state index in [0.29, 0.717) is 96.3 Å². The Morgan fingerprint density at radius 2 is 0.816 bits per heavy atom. The third-order valence-electron chi connectivity index (χ3n) is 18.1. The van der Waals surface area contributed by atoms with Gasteiger partial charge in [-0.25, -0.2) is 59.8 Å². The SMILES string of the molecule is CC(=O)N1CCC(Oc2nc(C(C)Nc3ncnc4nc[nH]c34)cc3cccc(C)c23)CC1.CC(=O)N1CCC(Oc2nc(C(C)Nc3ncnc4nc[nH]c34)cc3cccc(Cl)c23)CC1.CC(=O)N1CCC(Oc2nc(C(C)Nc3ncnc4nc[nH]c34)cc3ccccc23)CC1. The van der Waals surface area contributed by atoms with Crippen LogP contribution in [0.3, 0.4) is 0 Å². The van der Waals surface area contributed by atoms with Crippen molar-refractivity contribution in [1.82, 2.24) is 89.5 Å². The lowest BCUT2D eigenvalue weighted by molar-refractivity contribution is -0.131. The van der Waals surface area contributed by atoms with E-state index < -0.39 is 0 Å². The molecule has 0 saturated carbocycles. The van der Waals surface area contributed by atoms with Crippen LogP contribution in [0.15, 0.2) is 117 Å². The van der Waals surface area contributed by atoms with Gasteiger partial charge in [-0.1, -0.05) is 60.1 Å². The highest BCUT2D eigenvalue weighted by Crippen LogP contribution is 2.37. The standard InChI is InChI=1S/C24H27N7O2.C23H24ClN7O2.C23H25N7O2/c1-14-5-4-6-17-11-19(15(2)29-23-21-22(26-12-25-21)27-13-28-23)30-24(20(14)17)33-18-7-9-31(10-8-18)16(3)32;1-13(29-22-20-21(26-11-25-20)27-12-28-22)18-10-15-4-3-5-17(24)19(15)23(30-18)33-16-6-8-31(9-7-16)14(2)32;1-14(28-22-20-21(25-12-24-20)26-13-27-22)19-11-16-5-3-4-6-18(16)23(29-19)32-17-7-9-30(10-8-17)15(2)31/h4-6,11-13,15,18H,7-10H2,1-3H3,(H2,25,26,27,28,29);3-5,10-13,16H,6-9H2,1-2H3,(H2,25,26,27,28,29);3-6,11-14,17H,7-10H2,1-2H3,(H2,24,25,26,27,28). The number of carbonyl (C=O) groups excluding carboxylic acids is 3. The lowest BCUT2D eigenvalue weighted by Gasteiger charge is -2.31. The van der Waals surface area contributed by atoms with Crippen LogP contribution in [-0.4, -0.2) is 165 Å². The van der Waals surface area contributed by atoms with E-state index in [0.717, 1.165) is 110 Å². The Morgan fingerprint density at radius 1 is 0.459 bits per heavy atom. The second-order valence-corrected chi connectivity index (χ2v) is 25.2. The molecule has 15 rings (SSSR count). The number of aromatic amines is 3. The van der Waals surface area contributed by atoms with Crippen LogP contribution in [0.1, 0.15) is 121 Å². The smallest absolute Gasteiger partial charge is 0.223 e. The molecule has 3 amide bonds. The van der Waals surface area contributed by atoms with Gasteiger partial charge < -0.3 is 59.8 Å². The molecular weight excluding hydrogens is 1270 g/mol. The van der Waals surface area contributed by atoms with Crippen molar-refractivity contribution in [2.24, 2.45) is 0 Å². The summed E-state index contributed by atoms with van der Waals surface area (Å²) in [6.07, 6.45) is 14.0. The summed E-state index contributed by atoms with van der Waals surface area (Å²) in [7, 11) is 0. The van der Waals surface area contributed by atoms with Crippen molar-refractivity contribution in [2.75, 3.05) is 55.2 Å². The average Bonchev–Trinajstić information content (AvgIpc) is 1.09. The third-order valence-corrected chi connectivity index (χ3v) is 18.4. The minimum absolute atomic E-state index is 0.0286. The van der Waals surface area contributed by atoms with E-state index in [1.807, 2.05) is 84.0 Å². The first-order chi connectivity index (χ1) is 47.6. The van der Waals surface area contributed by atoms with E-state index in [4.69, 9.17) is 40.8 Å². The number of nitrogens with zero attached hydrogens (tertiary/aromatic N) is 15. The fraction of sp³-hybridized carbons (Fsp3) is 0.357. The number of rotatable bonds is 15. The van der Waals surface area contributed by atoms with Crippen molar-refractivity contribution < 1.29 is 28.6 Å². The van der Waals surface area contributed by atoms with Gasteiger partial charge in [0.1, 0.15) is 53.8 Å².